The highest BCUT2D eigenvalue weighted by molar-refractivity contribution is 6.44. The fourth-order valence-corrected chi connectivity index (χ4v) is 2.00. The Morgan fingerprint density at radius 3 is 2.31 bits per heavy atom. The number of nitrogens with one attached hydrogen (secondary N) is 1. The minimum atomic E-state index is -0.126. The van der Waals surface area contributed by atoms with E-state index in [2.05, 4.69) is 4.98 Å². The quantitative estimate of drug-likeness (QED) is 0.783. The zero-order chi connectivity index (χ0) is 11.7. The van der Waals surface area contributed by atoms with Crippen LogP contribution in [0.5, 0.6) is 0 Å². The molecule has 0 spiro atoms. The first-order chi connectivity index (χ1) is 7.59. The van der Waals surface area contributed by atoms with E-state index in [1.165, 1.54) is 12.1 Å². The molecule has 0 aliphatic rings. The van der Waals surface area contributed by atoms with E-state index in [-0.39, 0.29) is 5.43 Å². The molecule has 0 radical (unpaired) electrons. The Bertz CT molecular complexity index is 592. The van der Waals surface area contributed by atoms with Crippen molar-refractivity contribution in [3.8, 4) is 11.1 Å². The van der Waals surface area contributed by atoms with Gasteiger partial charge in [-0.2, -0.15) is 0 Å². The highest BCUT2D eigenvalue weighted by Crippen LogP contribution is 2.33. The van der Waals surface area contributed by atoms with E-state index in [0.29, 0.717) is 26.2 Å². The average Bonchev–Trinajstić information content (AvgIpc) is 2.25. The van der Waals surface area contributed by atoms with Crippen LogP contribution in [0.25, 0.3) is 11.1 Å². The molecule has 0 fully saturated rings. The van der Waals surface area contributed by atoms with E-state index in [4.69, 9.17) is 34.8 Å². The van der Waals surface area contributed by atoms with Gasteiger partial charge in [0.25, 0.3) is 0 Å². The summed E-state index contributed by atoms with van der Waals surface area (Å²) in [6.45, 7) is 0. The fraction of sp³-hybridized carbons (Fsp3) is 0. The van der Waals surface area contributed by atoms with Crippen LogP contribution in [-0.4, -0.2) is 4.98 Å². The molecule has 0 saturated heterocycles. The lowest BCUT2D eigenvalue weighted by atomic mass is 10.1. The third-order valence-corrected chi connectivity index (χ3v) is 3.16. The number of pyridine rings is 1. The van der Waals surface area contributed by atoms with Crippen LogP contribution in [-0.2, 0) is 0 Å². The highest BCUT2D eigenvalue weighted by Gasteiger charge is 2.10. The molecule has 0 bridgehead atoms. The van der Waals surface area contributed by atoms with E-state index in [1.807, 2.05) is 0 Å². The molecule has 16 heavy (non-hydrogen) atoms. The van der Waals surface area contributed by atoms with Crippen LogP contribution in [0, 0.1) is 0 Å². The van der Waals surface area contributed by atoms with Gasteiger partial charge in [-0.25, -0.2) is 0 Å². The molecule has 2 aromatic rings. The summed E-state index contributed by atoms with van der Waals surface area (Å²) in [5.41, 5.74) is 0.906. The Morgan fingerprint density at radius 2 is 1.62 bits per heavy atom. The summed E-state index contributed by atoms with van der Waals surface area (Å²) in [5.74, 6) is 0. The van der Waals surface area contributed by atoms with Crippen molar-refractivity contribution in [2.75, 3.05) is 0 Å². The first-order valence-electron chi connectivity index (χ1n) is 4.41. The van der Waals surface area contributed by atoms with Crippen molar-refractivity contribution < 1.29 is 0 Å². The molecule has 0 saturated carbocycles. The smallest absolute Gasteiger partial charge is 0.189 e. The number of benzene rings is 1. The molecular formula is C11H6Cl3NO. The van der Waals surface area contributed by atoms with Crippen molar-refractivity contribution in [1.29, 1.82) is 0 Å². The van der Waals surface area contributed by atoms with Gasteiger partial charge in [-0.05, 0) is 12.1 Å². The molecule has 5 heteroatoms. The van der Waals surface area contributed by atoms with E-state index < -0.39 is 0 Å². The van der Waals surface area contributed by atoms with Crippen molar-refractivity contribution in [1.82, 2.24) is 4.98 Å². The SMILES string of the molecule is O=c1cc[nH]cc1-c1cc(Cl)c(Cl)cc1Cl. The van der Waals surface area contributed by atoms with Gasteiger partial charge in [-0.15, -0.1) is 0 Å². The molecule has 1 N–H and O–H groups in total. The van der Waals surface area contributed by atoms with Gasteiger partial charge in [-0.1, -0.05) is 34.8 Å². The van der Waals surface area contributed by atoms with Crippen molar-refractivity contribution in [3.05, 3.63) is 55.9 Å². The third kappa shape index (κ3) is 2.09. The normalized spacial score (nSPS) is 10.4. The second kappa shape index (κ2) is 4.50. The molecule has 1 aromatic carbocycles. The summed E-state index contributed by atoms with van der Waals surface area (Å²) in [6, 6.07) is 4.53. The van der Waals surface area contributed by atoms with E-state index >= 15 is 0 Å². The molecule has 0 aliphatic carbocycles. The summed E-state index contributed by atoms with van der Waals surface area (Å²) in [6.07, 6.45) is 3.13. The third-order valence-electron chi connectivity index (χ3n) is 2.12. The van der Waals surface area contributed by atoms with Gasteiger partial charge in [0.15, 0.2) is 5.43 Å². The van der Waals surface area contributed by atoms with Crippen LogP contribution in [0.3, 0.4) is 0 Å². The van der Waals surface area contributed by atoms with E-state index in [1.54, 1.807) is 18.5 Å². The van der Waals surface area contributed by atoms with Gasteiger partial charge < -0.3 is 4.98 Å². The zero-order valence-corrected chi connectivity index (χ0v) is 10.2. The second-order valence-corrected chi connectivity index (χ2v) is 4.39. The maximum atomic E-state index is 11.6. The van der Waals surface area contributed by atoms with E-state index in [9.17, 15) is 4.79 Å². The number of halogens is 3. The molecule has 0 unspecified atom stereocenters. The van der Waals surface area contributed by atoms with Crippen molar-refractivity contribution in [3.63, 3.8) is 0 Å². The lowest BCUT2D eigenvalue weighted by Crippen LogP contribution is -2.02. The van der Waals surface area contributed by atoms with Crippen LogP contribution in [0.2, 0.25) is 15.1 Å². The summed E-state index contributed by atoms with van der Waals surface area (Å²) < 4.78 is 0. The molecule has 0 atom stereocenters. The lowest BCUT2D eigenvalue weighted by molar-refractivity contribution is 1.30. The van der Waals surface area contributed by atoms with Crippen LogP contribution in [0.1, 0.15) is 0 Å². The van der Waals surface area contributed by atoms with Gasteiger partial charge in [0.1, 0.15) is 0 Å². The number of aromatic nitrogens is 1. The summed E-state index contributed by atoms with van der Waals surface area (Å²) >= 11 is 17.7. The molecule has 2 nitrogen and oxygen atoms in total. The molecule has 82 valence electrons. The molecule has 2 rings (SSSR count). The minimum Gasteiger partial charge on any atom is -0.367 e. The number of aromatic amines is 1. The van der Waals surface area contributed by atoms with Crippen LogP contribution in [0.15, 0.2) is 35.4 Å². The van der Waals surface area contributed by atoms with Crippen LogP contribution < -0.4 is 5.43 Å². The Kier molecular flexibility index (Phi) is 3.24. The maximum absolute atomic E-state index is 11.6. The van der Waals surface area contributed by atoms with Crippen molar-refractivity contribution >= 4 is 34.8 Å². The fourth-order valence-electron chi connectivity index (χ4n) is 1.36. The number of hydrogen-bond acceptors (Lipinski definition) is 1. The molecule has 1 heterocycles. The minimum absolute atomic E-state index is 0.126. The van der Waals surface area contributed by atoms with Gasteiger partial charge in [0, 0.05) is 29.6 Å². The summed E-state index contributed by atoms with van der Waals surface area (Å²) in [5, 5.41) is 1.12. The average molecular weight is 275 g/mol. The van der Waals surface area contributed by atoms with Gasteiger partial charge in [-0.3, -0.25) is 4.79 Å². The van der Waals surface area contributed by atoms with Gasteiger partial charge in [0.2, 0.25) is 0 Å². The van der Waals surface area contributed by atoms with E-state index in [0.717, 1.165) is 0 Å². The predicted molar refractivity (Wildman–Crippen MR) is 67.5 cm³/mol. The predicted octanol–water partition coefficient (Wildman–Crippen LogP) is 4.00. The lowest BCUT2D eigenvalue weighted by Gasteiger charge is -2.05. The molecule has 0 aliphatic heterocycles. The van der Waals surface area contributed by atoms with Crippen molar-refractivity contribution in [2.45, 2.75) is 0 Å². The number of rotatable bonds is 1. The highest BCUT2D eigenvalue weighted by atomic mass is 35.5. The first kappa shape index (κ1) is 11.5. The Morgan fingerprint density at radius 1 is 0.938 bits per heavy atom. The first-order valence-corrected chi connectivity index (χ1v) is 5.55. The molecular weight excluding hydrogens is 268 g/mol. The molecule has 0 amide bonds. The monoisotopic (exact) mass is 273 g/mol. The Labute approximate surface area is 107 Å². The van der Waals surface area contributed by atoms with Crippen LogP contribution in [0.4, 0.5) is 0 Å². The maximum Gasteiger partial charge on any atom is 0.189 e. The molecule has 1 aromatic heterocycles. The van der Waals surface area contributed by atoms with Gasteiger partial charge >= 0.3 is 0 Å². The number of hydrogen-bond donors (Lipinski definition) is 1. The Hall–Kier alpha value is -0.960. The van der Waals surface area contributed by atoms with Crippen molar-refractivity contribution in [2.24, 2.45) is 0 Å². The standard InChI is InChI=1S/C11H6Cl3NO/c12-8-4-10(14)9(13)3-6(8)7-5-15-2-1-11(7)16/h1-5H,(H,15,16). The largest absolute Gasteiger partial charge is 0.367 e. The second-order valence-electron chi connectivity index (χ2n) is 3.17. The summed E-state index contributed by atoms with van der Waals surface area (Å²) in [4.78, 5) is 14.4. The van der Waals surface area contributed by atoms with Crippen LogP contribution >= 0.6 is 34.8 Å². The zero-order valence-electron chi connectivity index (χ0n) is 7.93. The Balaban J connectivity index is 2.70. The van der Waals surface area contributed by atoms with Gasteiger partial charge in [0.05, 0.1) is 15.1 Å². The summed E-state index contributed by atoms with van der Waals surface area (Å²) in [7, 11) is 0. The topological polar surface area (TPSA) is 32.9 Å². The number of H-pyrrole nitrogens is 1.